The van der Waals surface area contributed by atoms with Crippen molar-refractivity contribution in [1.82, 2.24) is 0 Å². The number of ether oxygens (including phenoxy) is 1. The number of hydrogen-bond acceptors (Lipinski definition) is 3. The highest BCUT2D eigenvalue weighted by Crippen LogP contribution is 2.30. The van der Waals surface area contributed by atoms with E-state index in [-0.39, 0.29) is 24.3 Å². The molecule has 1 aliphatic rings. The van der Waals surface area contributed by atoms with Crippen LogP contribution >= 0.6 is 0 Å². The molecule has 1 aliphatic carbocycles. The van der Waals surface area contributed by atoms with Crippen LogP contribution in [-0.2, 0) is 9.59 Å². The van der Waals surface area contributed by atoms with Crippen molar-refractivity contribution in [3.63, 3.8) is 0 Å². The normalized spacial score (nSPS) is 13.2. The Bertz CT molecular complexity index is 780. The molecule has 3 rings (SSSR count). The molecule has 0 aliphatic heterocycles. The minimum atomic E-state index is -0.227. The van der Waals surface area contributed by atoms with Gasteiger partial charge < -0.3 is 15.4 Å². The van der Waals surface area contributed by atoms with E-state index < -0.39 is 0 Å². The van der Waals surface area contributed by atoms with E-state index >= 15 is 0 Å². The van der Waals surface area contributed by atoms with Crippen molar-refractivity contribution < 1.29 is 14.3 Å². The first-order valence-electron chi connectivity index (χ1n) is 8.42. The highest BCUT2D eigenvalue weighted by molar-refractivity contribution is 5.95. The summed E-state index contributed by atoms with van der Waals surface area (Å²) in [5.41, 5.74) is 3.56. The lowest BCUT2D eigenvalue weighted by Gasteiger charge is -2.11. The third-order valence-electron chi connectivity index (χ3n) is 4.07. The summed E-state index contributed by atoms with van der Waals surface area (Å²) >= 11 is 0. The second kappa shape index (κ2) is 7.38. The number of carbonyl (C=O) groups excluding carboxylic acids is 2. The molecule has 0 spiro atoms. The number of carbonyl (C=O) groups is 2. The summed E-state index contributed by atoms with van der Waals surface area (Å²) in [6.45, 7) is 3.92. The SMILES string of the molecule is Cc1ccc(OCC(=O)Nc2ccc(NC(=O)C3CC3)cc2)c(C)c1. The topological polar surface area (TPSA) is 67.4 Å². The first-order chi connectivity index (χ1) is 12.0. The molecule has 1 fully saturated rings. The first kappa shape index (κ1) is 17.0. The molecule has 130 valence electrons. The standard InChI is InChI=1S/C20H22N2O3/c1-13-3-10-18(14(2)11-13)25-12-19(23)21-16-6-8-17(9-7-16)22-20(24)15-4-5-15/h3,6-11,15H,4-5,12H2,1-2H3,(H,21,23)(H,22,24). The Balaban J connectivity index is 1.49. The zero-order valence-electron chi connectivity index (χ0n) is 14.5. The molecular formula is C20H22N2O3. The van der Waals surface area contributed by atoms with E-state index in [9.17, 15) is 9.59 Å². The van der Waals surface area contributed by atoms with Crippen LogP contribution in [0.3, 0.4) is 0 Å². The van der Waals surface area contributed by atoms with E-state index in [4.69, 9.17) is 4.74 Å². The summed E-state index contributed by atoms with van der Waals surface area (Å²) in [5.74, 6) is 0.717. The predicted octanol–water partition coefficient (Wildman–Crippen LogP) is 3.67. The average Bonchev–Trinajstić information content (AvgIpc) is 3.41. The fourth-order valence-corrected chi connectivity index (χ4v) is 2.53. The fourth-order valence-electron chi connectivity index (χ4n) is 2.53. The van der Waals surface area contributed by atoms with Crippen LogP contribution in [0.4, 0.5) is 11.4 Å². The Morgan fingerprint density at radius 3 is 2.24 bits per heavy atom. The molecule has 0 radical (unpaired) electrons. The molecule has 0 atom stereocenters. The van der Waals surface area contributed by atoms with Gasteiger partial charge >= 0.3 is 0 Å². The van der Waals surface area contributed by atoms with Gasteiger partial charge in [0, 0.05) is 17.3 Å². The Kier molecular flexibility index (Phi) is 5.03. The van der Waals surface area contributed by atoms with E-state index in [0.717, 1.165) is 29.7 Å². The van der Waals surface area contributed by atoms with Gasteiger partial charge in [-0.1, -0.05) is 17.7 Å². The summed E-state index contributed by atoms with van der Waals surface area (Å²) < 4.78 is 5.57. The van der Waals surface area contributed by atoms with Gasteiger partial charge in [-0.15, -0.1) is 0 Å². The third kappa shape index (κ3) is 4.83. The highest BCUT2D eigenvalue weighted by Gasteiger charge is 2.29. The van der Waals surface area contributed by atoms with Gasteiger partial charge in [-0.05, 0) is 62.6 Å². The number of anilines is 2. The van der Waals surface area contributed by atoms with Crippen molar-refractivity contribution in [2.24, 2.45) is 5.92 Å². The van der Waals surface area contributed by atoms with Crippen LogP contribution in [0.1, 0.15) is 24.0 Å². The molecule has 0 saturated heterocycles. The largest absolute Gasteiger partial charge is 0.483 e. The number of benzene rings is 2. The Morgan fingerprint density at radius 1 is 1.00 bits per heavy atom. The van der Waals surface area contributed by atoms with Gasteiger partial charge in [0.1, 0.15) is 5.75 Å². The lowest BCUT2D eigenvalue weighted by molar-refractivity contribution is -0.118. The number of nitrogens with one attached hydrogen (secondary N) is 2. The van der Waals surface area contributed by atoms with Gasteiger partial charge in [0.05, 0.1) is 0 Å². The minimum absolute atomic E-state index is 0.0515. The maximum atomic E-state index is 12.0. The molecular weight excluding hydrogens is 316 g/mol. The van der Waals surface area contributed by atoms with E-state index in [0.29, 0.717) is 11.4 Å². The quantitative estimate of drug-likeness (QED) is 0.844. The molecule has 2 aromatic carbocycles. The van der Waals surface area contributed by atoms with E-state index in [1.54, 1.807) is 24.3 Å². The summed E-state index contributed by atoms with van der Waals surface area (Å²) in [7, 11) is 0. The smallest absolute Gasteiger partial charge is 0.262 e. The Labute approximate surface area is 147 Å². The maximum absolute atomic E-state index is 12.0. The molecule has 0 heterocycles. The van der Waals surface area contributed by atoms with Gasteiger partial charge in [-0.3, -0.25) is 9.59 Å². The average molecular weight is 338 g/mol. The third-order valence-corrected chi connectivity index (χ3v) is 4.07. The number of amides is 2. The molecule has 0 unspecified atom stereocenters. The van der Waals surface area contributed by atoms with Crippen molar-refractivity contribution >= 4 is 23.2 Å². The van der Waals surface area contributed by atoms with Crippen LogP contribution in [0.25, 0.3) is 0 Å². The molecule has 25 heavy (non-hydrogen) atoms. The van der Waals surface area contributed by atoms with Crippen molar-refractivity contribution in [3.05, 3.63) is 53.6 Å². The van der Waals surface area contributed by atoms with Gasteiger partial charge in [0.15, 0.2) is 6.61 Å². The van der Waals surface area contributed by atoms with Crippen LogP contribution in [0.2, 0.25) is 0 Å². The minimum Gasteiger partial charge on any atom is -0.483 e. The van der Waals surface area contributed by atoms with E-state index in [1.165, 1.54) is 0 Å². The van der Waals surface area contributed by atoms with Crippen LogP contribution in [0.5, 0.6) is 5.75 Å². The van der Waals surface area contributed by atoms with Crippen LogP contribution in [0.15, 0.2) is 42.5 Å². The zero-order valence-corrected chi connectivity index (χ0v) is 14.5. The fraction of sp³-hybridized carbons (Fsp3) is 0.300. The summed E-state index contributed by atoms with van der Waals surface area (Å²) in [4.78, 5) is 23.7. The zero-order chi connectivity index (χ0) is 17.8. The van der Waals surface area contributed by atoms with Crippen LogP contribution in [0, 0.1) is 19.8 Å². The summed E-state index contributed by atoms with van der Waals surface area (Å²) in [5, 5.41) is 5.65. The molecule has 2 amide bonds. The predicted molar refractivity (Wildman–Crippen MR) is 97.8 cm³/mol. The van der Waals surface area contributed by atoms with Gasteiger partial charge in [0.2, 0.25) is 5.91 Å². The molecule has 5 nitrogen and oxygen atoms in total. The van der Waals surface area contributed by atoms with Crippen molar-refractivity contribution in [3.8, 4) is 5.75 Å². The number of rotatable bonds is 6. The lowest BCUT2D eigenvalue weighted by Crippen LogP contribution is -2.20. The summed E-state index contributed by atoms with van der Waals surface area (Å²) in [6.07, 6.45) is 1.95. The van der Waals surface area contributed by atoms with Crippen LogP contribution < -0.4 is 15.4 Å². The molecule has 0 bridgehead atoms. The van der Waals surface area contributed by atoms with Gasteiger partial charge in [0.25, 0.3) is 5.91 Å². The maximum Gasteiger partial charge on any atom is 0.262 e. The number of hydrogen-bond donors (Lipinski definition) is 2. The lowest BCUT2D eigenvalue weighted by atomic mass is 10.1. The molecule has 1 saturated carbocycles. The van der Waals surface area contributed by atoms with Gasteiger partial charge in [-0.25, -0.2) is 0 Å². The van der Waals surface area contributed by atoms with E-state index in [2.05, 4.69) is 10.6 Å². The Hall–Kier alpha value is -2.82. The molecule has 0 aromatic heterocycles. The monoisotopic (exact) mass is 338 g/mol. The second-order valence-corrected chi connectivity index (χ2v) is 6.45. The van der Waals surface area contributed by atoms with Crippen LogP contribution in [-0.4, -0.2) is 18.4 Å². The highest BCUT2D eigenvalue weighted by atomic mass is 16.5. The first-order valence-corrected chi connectivity index (χ1v) is 8.42. The summed E-state index contributed by atoms with van der Waals surface area (Å²) in [6, 6.07) is 12.9. The van der Waals surface area contributed by atoms with Crippen molar-refractivity contribution in [2.45, 2.75) is 26.7 Å². The van der Waals surface area contributed by atoms with Crippen molar-refractivity contribution in [1.29, 1.82) is 0 Å². The van der Waals surface area contributed by atoms with Crippen molar-refractivity contribution in [2.75, 3.05) is 17.2 Å². The Morgan fingerprint density at radius 2 is 1.64 bits per heavy atom. The number of aryl methyl sites for hydroxylation is 2. The van der Waals surface area contributed by atoms with E-state index in [1.807, 2.05) is 32.0 Å². The molecule has 2 aromatic rings. The molecule has 2 N–H and O–H groups in total. The molecule has 5 heteroatoms. The second-order valence-electron chi connectivity index (χ2n) is 6.45. The van der Waals surface area contributed by atoms with Gasteiger partial charge in [-0.2, -0.15) is 0 Å².